The Hall–Kier alpha value is -2.45. The standard InChI is InChI=1S/C16H18Cl2N4O4/c1-8-10(7-20-19)15(22(3)21-8)26-14-6-13(11(17)5-12(14)18)25-9(2)16(23)24-4/h5-7,9H,19H2,1-4H3/t9-/m0/s1. The quantitative estimate of drug-likeness (QED) is 0.346. The first-order chi connectivity index (χ1) is 12.3. The molecule has 0 saturated carbocycles. The summed E-state index contributed by atoms with van der Waals surface area (Å²) in [5.41, 5.74) is 1.28. The average molecular weight is 401 g/mol. The molecule has 10 heteroatoms. The third-order valence-corrected chi connectivity index (χ3v) is 4.04. The smallest absolute Gasteiger partial charge is 0.346 e. The van der Waals surface area contributed by atoms with E-state index in [0.717, 1.165) is 0 Å². The fourth-order valence-electron chi connectivity index (χ4n) is 2.19. The Balaban J connectivity index is 2.39. The molecule has 0 fully saturated rings. The van der Waals surface area contributed by atoms with Crippen molar-refractivity contribution in [3.05, 3.63) is 33.4 Å². The summed E-state index contributed by atoms with van der Waals surface area (Å²) >= 11 is 12.4. The predicted octanol–water partition coefficient (Wildman–Crippen LogP) is 3.06. The van der Waals surface area contributed by atoms with Gasteiger partial charge in [0.2, 0.25) is 5.88 Å². The van der Waals surface area contributed by atoms with Gasteiger partial charge in [0, 0.05) is 13.1 Å². The number of nitrogens with two attached hydrogens (primary N) is 1. The zero-order chi connectivity index (χ0) is 19.4. The summed E-state index contributed by atoms with van der Waals surface area (Å²) in [6, 6.07) is 2.94. The van der Waals surface area contributed by atoms with Crippen LogP contribution in [0.1, 0.15) is 18.2 Å². The number of carbonyl (C=O) groups is 1. The number of hydrogen-bond donors (Lipinski definition) is 1. The number of ether oxygens (including phenoxy) is 3. The molecular formula is C16H18Cl2N4O4. The highest BCUT2D eigenvalue weighted by Crippen LogP contribution is 2.39. The molecule has 0 radical (unpaired) electrons. The number of esters is 1. The number of halogens is 2. The Morgan fingerprint density at radius 2 is 2.00 bits per heavy atom. The molecule has 26 heavy (non-hydrogen) atoms. The Labute approximate surface area is 160 Å². The second kappa shape index (κ2) is 8.29. The lowest BCUT2D eigenvalue weighted by atomic mass is 10.2. The minimum Gasteiger partial charge on any atom is -0.477 e. The summed E-state index contributed by atoms with van der Waals surface area (Å²) < 4.78 is 17.6. The van der Waals surface area contributed by atoms with Crippen molar-refractivity contribution in [1.29, 1.82) is 0 Å². The normalized spacial score (nSPS) is 12.2. The van der Waals surface area contributed by atoms with Gasteiger partial charge in [-0.1, -0.05) is 23.2 Å². The number of aryl methyl sites for hydroxylation is 2. The van der Waals surface area contributed by atoms with Crippen LogP contribution in [0.5, 0.6) is 17.4 Å². The van der Waals surface area contributed by atoms with Gasteiger partial charge in [-0.15, -0.1) is 0 Å². The summed E-state index contributed by atoms with van der Waals surface area (Å²) in [4.78, 5) is 11.5. The van der Waals surface area contributed by atoms with E-state index in [1.165, 1.54) is 37.1 Å². The molecule has 0 bridgehead atoms. The van der Waals surface area contributed by atoms with Crippen molar-refractivity contribution in [1.82, 2.24) is 9.78 Å². The third kappa shape index (κ3) is 4.20. The summed E-state index contributed by atoms with van der Waals surface area (Å²) in [7, 11) is 2.97. The van der Waals surface area contributed by atoms with E-state index in [0.29, 0.717) is 17.1 Å². The van der Waals surface area contributed by atoms with Gasteiger partial charge in [0.05, 0.1) is 34.6 Å². The van der Waals surface area contributed by atoms with E-state index < -0.39 is 12.1 Å². The zero-order valence-corrected chi connectivity index (χ0v) is 16.1. The van der Waals surface area contributed by atoms with E-state index in [9.17, 15) is 4.79 Å². The molecule has 2 aromatic rings. The van der Waals surface area contributed by atoms with Gasteiger partial charge in [0.15, 0.2) is 11.9 Å². The van der Waals surface area contributed by atoms with Gasteiger partial charge in [-0.3, -0.25) is 0 Å². The summed E-state index contributed by atoms with van der Waals surface area (Å²) in [5.74, 6) is 5.56. The fourth-order valence-corrected chi connectivity index (χ4v) is 2.65. The van der Waals surface area contributed by atoms with Crippen molar-refractivity contribution in [2.75, 3.05) is 7.11 Å². The number of hydrazone groups is 1. The van der Waals surface area contributed by atoms with E-state index in [2.05, 4.69) is 14.9 Å². The lowest BCUT2D eigenvalue weighted by molar-refractivity contribution is -0.147. The highest BCUT2D eigenvalue weighted by atomic mass is 35.5. The second-order valence-electron chi connectivity index (χ2n) is 5.30. The Morgan fingerprint density at radius 3 is 2.62 bits per heavy atom. The minimum atomic E-state index is -0.856. The fraction of sp³-hybridized carbons (Fsp3) is 0.312. The van der Waals surface area contributed by atoms with Gasteiger partial charge in [-0.25, -0.2) is 9.48 Å². The number of nitrogens with zero attached hydrogens (tertiary/aromatic N) is 3. The number of carbonyl (C=O) groups excluding carboxylic acids is 1. The summed E-state index contributed by atoms with van der Waals surface area (Å²) in [5, 5.41) is 8.25. The Bertz CT molecular complexity index is 851. The van der Waals surface area contributed by atoms with Crippen molar-refractivity contribution < 1.29 is 19.0 Å². The van der Waals surface area contributed by atoms with Crippen LogP contribution in [-0.4, -0.2) is 35.2 Å². The summed E-state index contributed by atoms with van der Waals surface area (Å²) in [6.07, 6.45) is 0.573. The van der Waals surface area contributed by atoms with Crippen molar-refractivity contribution in [3.8, 4) is 17.4 Å². The maximum Gasteiger partial charge on any atom is 0.346 e. The van der Waals surface area contributed by atoms with Crippen LogP contribution >= 0.6 is 23.2 Å². The molecule has 0 aliphatic rings. The van der Waals surface area contributed by atoms with Crippen LogP contribution in [0.4, 0.5) is 0 Å². The highest BCUT2D eigenvalue weighted by molar-refractivity contribution is 6.36. The molecule has 0 aliphatic carbocycles. The molecule has 8 nitrogen and oxygen atoms in total. The van der Waals surface area contributed by atoms with Gasteiger partial charge in [0.1, 0.15) is 5.75 Å². The van der Waals surface area contributed by atoms with Crippen molar-refractivity contribution in [3.63, 3.8) is 0 Å². The average Bonchev–Trinajstić information content (AvgIpc) is 2.85. The monoisotopic (exact) mass is 400 g/mol. The lowest BCUT2D eigenvalue weighted by Gasteiger charge is -2.16. The first-order valence-corrected chi connectivity index (χ1v) is 8.22. The Morgan fingerprint density at radius 1 is 1.35 bits per heavy atom. The van der Waals surface area contributed by atoms with Crippen LogP contribution in [0.2, 0.25) is 10.0 Å². The first kappa shape index (κ1) is 19.9. The van der Waals surface area contributed by atoms with Crippen molar-refractivity contribution >= 4 is 35.4 Å². The van der Waals surface area contributed by atoms with Crippen LogP contribution in [0.25, 0.3) is 0 Å². The molecule has 0 aliphatic heterocycles. The van der Waals surface area contributed by atoms with E-state index >= 15 is 0 Å². The predicted molar refractivity (Wildman–Crippen MR) is 98.4 cm³/mol. The van der Waals surface area contributed by atoms with Gasteiger partial charge in [0.25, 0.3) is 0 Å². The van der Waals surface area contributed by atoms with Crippen LogP contribution in [0.15, 0.2) is 17.2 Å². The molecule has 0 saturated heterocycles. The third-order valence-electron chi connectivity index (χ3n) is 3.45. The van der Waals surface area contributed by atoms with E-state index in [-0.39, 0.29) is 21.5 Å². The van der Waals surface area contributed by atoms with E-state index in [1.807, 2.05) is 0 Å². The highest BCUT2D eigenvalue weighted by Gasteiger charge is 2.20. The van der Waals surface area contributed by atoms with Gasteiger partial charge < -0.3 is 20.1 Å². The second-order valence-corrected chi connectivity index (χ2v) is 6.12. The molecule has 0 spiro atoms. The van der Waals surface area contributed by atoms with Gasteiger partial charge in [-0.05, 0) is 19.9 Å². The number of hydrogen-bond acceptors (Lipinski definition) is 7. The summed E-state index contributed by atoms with van der Waals surface area (Å²) in [6.45, 7) is 3.33. The lowest BCUT2D eigenvalue weighted by Crippen LogP contribution is -2.25. The van der Waals surface area contributed by atoms with Crippen LogP contribution in [0.3, 0.4) is 0 Å². The molecule has 0 unspecified atom stereocenters. The van der Waals surface area contributed by atoms with E-state index in [1.54, 1.807) is 14.0 Å². The van der Waals surface area contributed by atoms with Crippen LogP contribution in [-0.2, 0) is 16.6 Å². The number of aromatic nitrogens is 2. The first-order valence-electron chi connectivity index (χ1n) is 7.46. The van der Waals surface area contributed by atoms with Gasteiger partial charge in [-0.2, -0.15) is 10.2 Å². The maximum absolute atomic E-state index is 11.5. The van der Waals surface area contributed by atoms with E-state index in [4.69, 9.17) is 38.5 Å². The molecule has 1 heterocycles. The van der Waals surface area contributed by atoms with Crippen molar-refractivity contribution in [2.45, 2.75) is 20.0 Å². The molecule has 1 aromatic heterocycles. The molecule has 2 N–H and O–H groups in total. The molecule has 140 valence electrons. The minimum absolute atomic E-state index is 0.219. The van der Waals surface area contributed by atoms with Crippen LogP contribution < -0.4 is 15.3 Å². The number of methoxy groups -OCH3 is 1. The molecule has 1 aromatic carbocycles. The van der Waals surface area contributed by atoms with Crippen LogP contribution in [0, 0.1) is 6.92 Å². The largest absolute Gasteiger partial charge is 0.477 e. The molecular weight excluding hydrogens is 383 g/mol. The zero-order valence-electron chi connectivity index (χ0n) is 14.6. The topological polar surface area (TPSA) is 101 Å². The molecule has 0 amide bonds. The van der Waals surface area contributed by atoms with Crippen molar-refractivity contribution in [2.24, 2.45) is 18.0 Å². The number of benzene rings is 1. The maximum atomic E-state index is 11.5. The van der Waals surface area contributed by atoms with Gasteiger partial charge >= 0.3 is 5.97 Å². The molecule has 1 atom stereocenters. The number of rotatable bonds is 6. The SMILES string of the molecule is COC(=O)[C@H](C)Oc1cc(Oc2c(C=NN)c(C)nn2C)c(Cl)cc1Cl. The molecule has 2 rings (SSSR count). The Kier molecular flexibility index (Phi) is 6.33.